The van der Waals surface area contributed by atoms with Gasteiger partial charge >= 0.3 is 5.97 Å². The molecule has 1 N–H and O–H groups in total. The smallest absolute Gasteiger partial charge is 0.325 e. The predicted octanol–water partition coefficient (Wildman–Crippen LogP) is 0.680. The summed E-state index contributed by atoms with van der Waals surface area (Å²) >= 11 is 6.10. The van der Waals surface area contributed by atoms with Gasteiger partial charge < -0.3 is 9.84 Å². The van der Waals surface area contributed by atoms with Crippen molar-refractivity contribution in [3.05, 3.63) is 0 Å². The van der Waals surface area contributed by atoms with Gasteiger partial charge in [-0.3, -0.25) is 4.79 Å². The quantitative estimate of drug-likeness (QED) is 0.609. The lowest BCUT2D eigenvalue weighted by Crippen LogP contribution is -2.38. The largest absolute Gasteiger partial charge is 0.468 e. The highest BCUT2D eigenvalue weighted by Crippen LogP contribution is 2.21. The summed E-state index contributed by atoms with van der Waals surface area (Å²) in [6.45, 7) is -0.287. The van der Waals surface area contributed by atoms with Crippen LogP contribution < -0.4 is 0 Å². The van der Waals surface area contributed by atoms with Crippen LogP contribution in [-0.2, 0) is 9.53 Å². The number of ether oxygens (including phenoxy) is 1. The first kappa shape index (κ1) is 10.4. The second-order valence-corrected chi connectivity index (χ2v) is 3.83. The molecule has 0 aromatic heterocycles. The zero-order chi connectivity index (χ0) is 8.20. The maximum Gasteiger partial charge on any atom is 0.325 e. The van der Waals surface area contributed by atoms with Gasteiger partial charge in [0, 0.05) is 5.33 Å². The van der Waals surface area contributed by atoms with E-state index in [9.17, 15) is 4.79 Å². The third-order valence-corrected chi connectivity index (χ3v) is 3.58. The average molecular weight is 276 g/mol. The van der Waals surface area contributed by atoms with Gasteiger partial charge in [-0.05, 0) is 0 Å². The Bertz CT molecular complexity index is 122. The number of carbonyl (C=O) groups is 1. The van der Waals surface area contributed by atoms with Crippen LogP contribution >= 0.6 is 31.9 Å². The Hall–Kier alpha value is 0.390. The molecule has 0 aliphatic carbocycles. The Morgan fingerprint density at radius 1 is 1.80 bits per heavy atom. The van der Waals surface area contributed by atoms with E-state index in [-0.39, 0.29) is 6.61 Å². The van der Waals surface area contributed by atoms with Crippen LogP contribution in [0.3, 0.4) is 0 Å². The maximum absolute atomic E-state index is 10.8. The van der Waals surface area contributed by atoms with E-state index < -0.39 is 10.3 Å². The molecule has 0 aliphatic heterocycles. The summed E-state index contributed by atoms with van der Waals surface area (Å²) in [5.41, 5.74) is 0. The van der Waals surface area contributed by atoms with E-state index in [1.165, 1.54) is 7.11 Å². The van der Waals surface area contributed by atoms with Gasteiger partial charge in [0.2, 0.25) is 0 Å². The van der Waals surface area contributed by atoms with Gasteiger partial charge in [0.05, 0.1) is 13.7 Å². The average Bonchev–Trinajstić information content (AvgIpc) is 2.01. The van der Waals surface area contributed by atoms with Crippen molar-refractivity contribution >= 4 is 37.8 Å². The number of hydrogen-bond acceptors (Lipinski definition) is 3. The van der Waals surface area contributed by atoms with Crippen LogP contribution in [0.15, 0.2) is 0 Å². The Balaban J connectivity index is 4.17. The number of carbonyl (C=O) groups excluding carboxylic acids is 1. The third kappa shape index (κ3) is 2.21. The van der Waals surface area contributed by atoms with Crippen LogP contribution in [0.1, 0.15) is 0 Å². The van der Waals surface area contributed by atoms with Crippen molar-refractivity contribution in [3.8, 4) is 0 Å². The summed E-state index contributed by atoms with van der Waals surface area (Å²) in [5.74, 6) is -0.480. The number of esters is 1. The molecular weight excluding hydrogens is 268 g/mol. The monoisotopic (exact) mass is 274 g/mol. The van der Waals surface area contributed by atoms with Crippen LogP contribution in [0.5, 0.6) is 0 Å². The number of rotatable bonds is 3. The van der Waals surface area contributed by atoms with Crippen LogP contribution in [0.4, 0.5) is 0 Å². The molecule has 1 unspecified atom stereocenters. The van der Waals surface area contributed by atoms with E-state index in [1.807, 2.05) is 0 Å². The molecule has 10 heavy (non-hydrogen) atoms. The van der Waals surface area contributed by atoms with Crippen molar-refractivity contribution < 1.29 is 14.6 Å². The lowest BCUT2D eigenvalue weighted by Gasteiger charge is -2.18. The SMILES string of the molecule is COC(=O)C(Br)(CO)CBr. The number of aliphatic hydroxyl groups is 1. The second-order valence-electron chi connectivity index (χ2n) is 1.75. The lowest BCUT2D eigenvalue weighted by molar-refractivity contribution is -0.143. The highest BCUT2D eigenvalue weighted by Gasteiger charge is 2.34. The summed E-state index contributed by atoms with van der Waals surface area (Å²) in [4.78, 5) is 10.8. The highest BCUT2D eigenvalue weighted by molar-refractivity contribution is 9.12. The van der Waals surface area contributed by atoms with Crippen molar-refractivity contribution in [2.75, 3.05) is 19.0 Å². The number of alkyl halides is 2. The minimum atomic E-state index is -0.984. The van der Waals surface area contributed by atoms with Crippen LogP contribution in [-0.4, -0.2) is 34.4 Å². The van der Waals surface area contributed by atoms with Crippen LogP contribution in [0.2, 0.25) is 0 Å². The van der Waals surface area contributed by atoms with E-state index in [4.69, 9.17) is 5.11 Å². The standard InChI is InChI=1S/C5H8Br2O3/c1-10-4(9)5(7,2-6)3-8/h8H,2-3H2,1H3. The fraction of sp³-hybridized carbons (Fsp3) is 0.800. The number of aliphatic hydroxyl groups excluding tert-OH is 1. The van der Waals surface area contributed by atoms with Crippen molar-refractivity contribution in [1.82, 2.24) is 0 Å². The fourth-order valence-corrected chi connectivity index (χ4v) is 0.912. The number of halogens is 2. The topological polar surface area (TPSA) is 46.5 Å². The van der Waals surface area contributed by atoms with Crippen molar-refractivity contribution in [2.24, 2.45) is 0 Å². The lowest BCUT2D eigenvalue weighted by atomic mass is 10.2. The normalized spacial score (nSPS) is 16.0. The highest BCUT2D eigenvalue weighted by atomic mass is 79.9. The number of hydrogen-bond donors (Lipinski definition) is 1. The van der Waals surface area contributed by atoms with Gasteiger partial charge in [-0.15, -0.1) is 0 Å². The van der Waals surface area contributed by atoms with Crippen molar-refractivity contribution in [1.29, 1.82) is 0 Å². The Kier molecular flexibility index (Phi) is 4.47. The minimum Gasteiger partial charge on any atom is -0.468 e. The van der Waals surface area contributed by atoms with Gasteiger partial charge in [-0.1, -0.05) is 31.9 Å². The molecule has 0 saturated carbocycles. The van der Waals surface area contributed by atoms with Gasteiger partial charge in [0.15, 0.2) is 4.32 Å². The summed E-state index contributed by atoms with van der Waals surface area (Å²) in [5, 5.41) is 9.03. The van der Waals surface area contributed by atoms with Gasteiger partial charge in [-0.25, -0.2) is 0 Å². The minimum absolute atomic E-state index is 0.287. The summed E-state index contributed by atoms with van der Waals surface area (Å²) in [6, 6.07) is 0. The summed E-state index contributed by atoms with van der Waals surface area (Å²) in [7, 11) is 1.27. The second kappa shape index (κ2) is 4.31. The van der Waals surface area contributed by atoms with Crippen molar-refractivity contribution in [3.63, 3.8) is 0 Å². The molecule has 0 radical (unpaired) electrons. The Labute approximate surface area is 76.0 Å². The van der Waals surface area contributed by atoms with Crippen LogP contribution in [0.25, 0.3) is 0 Å². The first-order valence-electron chi connectivity index (χ1n) is 2.55. The third-order valence-electron chi connectivity index (χ3n) is 1.01. The molecule has 1 atom stereocenters. The van der Waals surface area contributed by atoms with Crippen LogP contribution in [0, 0.1) is 0 Å². The van der Waals surface area contributed by atoms with E-state index in [0.717, 1.165) is 0 Å². The molecule has 0 saturated heterocycles. The molecular formula is C5H8Br2O3. The molecule has 0 heterocycles. The van der Waals surface area contributed by atoms with E-state index in [0.29, 0.717) is 5.33 Å². The Morgan fingerprint density at radius 3 is 2.40 bits per heavy atom. The molecule has 3 nitrogen and oxygen atoms in total. The van der Waals surface area contributed by atoms with E-state index in [2.05, 4.69) is 36.6 Å². The molecule has 0 bridgehead atoms. The van der Waals surface area contributed by atoms with E-state index >= 15 is 0 Å². The summed E-state index contributed by atoms with van der Waals surface area (Å²) in [6.07, 6.45) is 0. The van der Waals surface area contributed by atoms with Crippen molar-refractivity contribution in [2.45, 2.75) is 4.32 Å². The maximum atomic E-state index is 10.8. The zero-order valence-corrected chi connectivity index (χ0v) is 8.61. The van der Waals surface area contributed by atoms with E-state index in [1.54, 1.807) is 0 Å². The van der Waals surface area contributed by atoms with Gasteiger partial charge in [-0.2, -0.15) is 0 Å². The molecule has 0 aromatic rings. The molecule has 60 valence electrons. The molecule has 0 aliphatic rings. The molecule has 5 heteroatoms. The molecule has 0 rings (SSSR count). The van der Waals surface area contributed by atoms with Gasteiger partial charge in [0.1, 0.15) is 0 Å². The zero-order valence-electron chi connectivity index (χ0n) is 5.43. The number of methoxy groups -OCH3 is 1. The predicted molar refractivity (Wildman–Crippen MR) is 44.6 cm³/mol. The first-order valence-corrected chi connectivity index (χ1v) is 4.46. The Morgan fingerprint density at radius 2 is 2.30 bits per heavy atom. The van der Waals surface area contributed by atoms with Gasteiger partial charge in [0.25, 0.3) is 0 Å². The summed E-state index contributed by atoms with van der Waals surface area (Å²) < 4.78 is 3.44. The fourth-order valence-electron chi connectivity index (χ4n) is 0.344. The molecule has 0 fully saturated rings. The molecule has 0 spiro atoms. The molecule has 0 aromatic carbocycles. The molecule has 0 amide bonds. The first-order chi connectivity index (χ1) is 4.60.